The van der Waals surface area contributed by atoms with Crippen molar-refractivity contribution in [3.8, 4) is 0 Å². The average Bonchev–Trinajstić information content (AvgIpc) is 3.19. The number of ether oxygens (including phenoxy) is 1. The van der Waals surface area contributed by atoms with Gasteiger partial charge in [-0.15, -0.1) is 29.7 Å². The maximum absolute atomic E-state index is 13.0. The number of hydrogen-bond donors (Lipinski definition) is 3. The van der Waals surface area contributed by atoms with Crippen molar-refractivity contribution in [2.75, 3.05) is 18.1 Å². The van der Waals surface area contributed by atoms with E-state index in [2.05, 4.69) is 22.0 Å². The zero-order valence-corrected chi connectivity index (χ0v) is 20.9. The first-order valence-electron chi connectivity index (χ1n) is 10.4. The number of esters is 1. The second kappa shape index (κ2) is 10.5. The van der Waals surface area contributed by atoms with E-state index in [1.807, 2.05) is 0 Å². The number of anilines is 1. The van der Waals surface area contributed by atoms with Gasteiger partial charge >= 0.3 is 11.9 Å². The molecular weight excluding hydrogens is 498 g/mol. The van der Waals surface area contributed by atoms with Crippen LogP contribution in [0, 0.1) is 0 Å². The predicted octanol–water partition coefficient (Wildman–Crippen LogP) is 1.10. The number of oxime groups is 1. The number of carbonyl (C=O) groups excluding carboxylic acids is 3. The Balaban J connectivity index is 1.75. The number of hydrogen-bond acceptors (Lipinski definition) is 11. The number of thiazole rings is 1. The third-order valence-electron chi connectivity index (χ3n) is 4.67. The normalized spacial score (nSPS) is 20.0. The number of carboxylic acids is 1. The number of nitrogens with zero attached hydrogens (tertiary/aromatic N) is 3. The molecule has 0 radical (unpaired) electrons. The lowest BCUT2D eigenvalue weighted by Gasteiger charge is -2.49. The first kappa shape index (κ1) is 26.2. The maximum atomic E-state index is 13.0. The molecule has 2 atom stereocenters. The van der Waals surface area contributed by atoms with Crippen molar-refractivity contribution in [3.05, 3.63) is 35.0 Å². The van der Waals surface area contributed by atoms with E-state index in [1.165, 1.54) is 17.1 Å². The Kier molecular flexibility index (Phi) is 7.85. The fraction of sp³-hybridized carbons (Fsp3) is 0.429. The van der Waals surface area contributed by atoms with Crippen LogP contribution in [0.1, 0.15) is 32.9 Å². The summed E-state index contributed by atoms with van der Waals surface area (Å²) in [6.07, 6.45) is 1.90. The lowest BCUT2D eigenvalue weighted by atomic mass is 10.0. The summed E-state index contributed by atoms with van der Waals surface area (Å²) in [4.78, 5) is 59.7. The number of aliphatic carboxylic acids is 1. The molecule has 3 rings (SSSR count). The van der Waals surface area contributed by atoms with E-state index < -0.39 is 47.4 Å². The fourth-order valence-corrected chi connectivity index (χ4v) is 5.25. The molecule has 2 aliphatic heterocycles. The van der Waals surface area contributed by atoms with Crippen molar-refractivity contribution in [1.29, 1.82) is 0 Å². The number of nitrogens with two attached hydrogens (primary N) is 1. The third kappa shape index (κ3) is 6.00. The summed E-state index contributed by atoms with van der Waals surface area (Å²) in [6, 6.07) is -0.987. The Bertz CT molecular complexity index is 1120. The van der Waals surface area contributed by atoms with Gasteiger partial charge in [0.1, 0.15) is 28.4 Å². The number of carbonyl (C=O) groups is 4. The summed E-state index contributed by atoms with van der Waals surface area (Å²) < 4.78 is 5.13. The maximum Gasteiger partial charge on any atom is 0.352 e. The predicted molar refractivity (Wildman–Crippen MR) is 129 cm³/mol. The number of nitrogen functional groups attached to an aromatic ring is 1. The molecule has 35 heavy (non-hydrogen) atoms. The van der Waals surface area contributed by atoms with Crippen molar-refractivity contribution < 1.29 is 33.9 Å². The van der Waals surface area contributed by atoms with Crippen LogP contribution in [0.25, 0.3) is 0 Å². The van der Waals surface area contributed by atoms with Gasteiger partial charge in [-0.05, 0) is 32.8 Å². The second-order valence-corrected chi connectivity index (χ2v) is 10.5. The van der Waals surface area contributed by atoms with E-state index >= 15 is 0 Å². The zero-order chi connectivity index (χ0) is 25.9. The Morgan fingerprint density at radius 3 is 2.71 bits per heavy atom. The van der Waals surface area contributed by atoms with Crippen LogP contribution < -0.4 is 11.1 Å². The molecule has 4 N–H and O–H groups in total. The van der Waals surface area contributed by atoms with Crippen LogP contribution in [0.4, 0.5) is 5.13 Å². The number of β-lactam (4-membered cyclic amide) rings is 1. The monoisotopic (exact) mass is 523 g/mol. The van der Waals surface area contributed by atoms with Crippen LogP contribution in [0.2, 0.25) is 0 Å². The Morgan fingerprint density at radius 1 is 1.43 bits per heavy atom. The minimum absolute atomic E-state index is 0.0912. The van der Waals surface area contributed by atoms with Gasteiger partial charge in [0, 0.05) is 11.1 Å². The highest BCUT2D eigenvalue weighted by atomic mass is 32.2. The molecule has 2 unspecified atom stereocenters. The average molecular weight is 524 g/mol. The molecule has 0 aromatic carbocycles. The van der Waals surface area contributed by atoms with E-state index in [0.29, 0.717) is 17.7 Å². The van der Waals surface area contributed by atoms with E-state index in [0.717, 1.165) is 16.2 Å². The van der Waals surface area contributed by atoms with Gasteiger partial charge in [-0.2, -0.15) is 0 Å². The molecule has 1 aromatic rings. The SMILES string of the molecule is C=CCC1=C(C(=O)O)N2C(=O)C(NC(=O)/C(=N\OCC(=O)OC(C)(C)C)c3csc(N)n3)C2SC1. The molecule has 2 amide bonds. The van der Waals surface area contributed by atoms with Gasteiger partial charge in [0.15, 0.2) is 10.8 Å². The van der Waals surface area contributed by atoms with E-state index in [1.54, 1.807) is 26.8 Å². The van der Waals surface area contributed by atoms with Crippen molar-refractivity contribution in [1.82, 2.24) is 15.2 Å². The molecule has 2 aliphatic rings. The van der Waals surface area contributed by atoms with Crippen molar-refractivity contribution in [3.63, 3.8) is 0 Å². The minimum Gasteiger partial charge on any atom is -0.477 e. The number of nitrogens with one attached hydrogen (secondary N) is 1. The summed E-state index contributed by atoms with van der Waals surface area (Å²) in [5.41, 5.74) is 5.22. The number of fused-ring (bicyclic) bond motifs is 1. The summed E-state index contributed by atoms with van der Waals surface area (Å²) in [5.74, 6) is -2.90. The summed E-state index contributed by atoms with van der Waals surface area (Å²) >= 11 is 2.39. The fourth-order valence-electron chi connectivity index (χ4n) is 3.35. The summed E-state index contributed by atoms with van der Waals surface area (Å²) in [6.45, 7) is 8.15. The van der Waals surface area contributed by atoms with Crippen LogP contribution in [0.3, 0.4) is 0 Å². The molecule has 1 fully saturated rings. The van der Waals surface area contributed by atoms with Gasteiger partial charge in [-0.25, -0.2) is 14.6 Å². The molecule has 3 heterocycles. The summed E-state index contributed by atoms with van der Waals surface area (Å²) in [7, 11) is 0. The van der Waals surface area contributed by atoms with E-state index in [4.69, 9.17) is 15.3 Å². The number of rotatable bonds is 9. The van der Waals surface area contributed by atoms with E-state index in [-0.39, 0.29) is 22.2 Å². The highest BCUT2D eigenvalue weighted by Crippen LogP contribution is 2.41. The quantitative estimate of drug-likeness (QED) is 0.140. The summed E-state index contributed by atoms with van der Waals surface area (Å²) in [5, 5.41) is 17.0. The lowest BCUT2D eigenvalue weighted by molar-refractivity contribution is -0.160. The molecule has 1 saturated heterocycles. The smallest absolute Gasteiger partial charge is 0.352 e. The second-order valence-electron chi connectivity index (χ2n) is 8.48. The number of amides is 2. The van der Waals surface area contributed by atoms with Crippen molar-refractivity contribution >= 4 is 57.7 Å². The largest absolute Gasteiger partial charge is 0.477 e. The first-order valence-corrected chi connectivity index (χ1v) is 12.3. The molecular formula is C21H25N5O7S2. The Morgan fingerprint density at radius 2 is 2.14 bits per heavy atom. The van der Waals surface area contributed by atoms with E-state index in [9.17, 15) is 24.3 Å². The molecule has 1 aromatic heterocycles. The molecule has 14 heteroatoms. The number of carboxylic acid groups (broad SMARTS) is 1. The number of thioether (sulfide) groups is 1. The van der Waals surface area contributed by atoms with Gasteiger partial charge in [0.05, 0.1) is 0 Å². The minimum atomic E-state index is -1.22. The molecule has 0 saturated carbocycles. The van der Waals surface area contributed by atoms with Crippen LogP contribution >= 0.6 is 23.1 Å². The zero-order valence-electron chi connectivity index (χ0n) is 19.3. The Labute approximate surface area is 209 Å². The number of allylic oxidation sites excluding steroid dienone is 1. The van der Waals surface area contributed by atoms with Gasteiger partial charge in [0.25, 0.3) is 11.8 Å². The molecule has 0 spiro atoms. The van der Waals surface area contributed by atoms with Gasteiger partial charge in [0.2, 0.25) is 6.61 Å². The Hall–Kier alpha value is -3.39. The standard InChI is InChI=1S/C21H25N5O7S2/c1-5-6-10-8-34-18-14(17(29)26(18)15(10)19(30)31)24-16(28)13(11-9-35-20(22)23-11)25-32-7-12(27)33-21(2,3)4/h5,9,14,18H,1,6-8H2,2-4H3,(H2,22,23)(H,24,28)(H,30,31)/b25-13-. The highest BCUT2D eigenvalue weighted by molar-refractivity contribution is 8.00. The number of aromatic nitrogens is 1. The van der Waals surface area contributed by atoms with Gasteiger partial charge in [-0.3, -0.25) is 14.5 Å². The van der Waals surface area contributed by atoms with Gasteiger partial charge < -0.3 is 25.7 Å². The van der Waals surface area contributed by atoms with Crippen LogP contribution in [0.15, 0.2) is 34.5 Å². The van der Waals surface area contributed by atoms with Crippen molar-refractivity contribution in [2.24, 2.45) is 5.16 Å². The molecule has 188 valence electrons. The lowest BCUT2D eigenvalue weighted by Crippen LogP contribution is -2.71. The highest BCUT2D eigenvalue weighted by Gasteiger charge is 2.54. The van der Waals surface area contributed by atoms with Gasteiger partial charge in [-0.1, -0.05) is 11.2 Å². The molecule has 12 nitrogen and oxygen atoms in total. The first-order chi connectivity index (χ1) is 16.4. The molecule has 0 aliphatic carbocycles. The van der Waals surface area contributed by atoms with Crippen LogP contribution in [-0.2, 0) is 28.8 Å². The van der Waals surface area contributed by atoms with Crippen LogP contribution in [0.5, 0.6) is 0 Å². The molecule has 0 bridgehead atoms. The topological polar surface area (TPSA) is 174 Å². The van der Waals surface area contributed by atoms with Crippen LogP contribution in [-0.4, -0.2) is 73.8 Å². The third-order valence-corrected chi connectivity index (χ3v) is 6.68. The van der Waals surface area contributed by atoms with Crippen molar-refractivity contribution in [2.45, 2.75) is 44.2 Å².